The Morgan fingerprint density at radius 3 is 2.71 bits per heavy atom. The Morgan fingerprint density at radius 1 is 1.42 bits per heavy atom. The number of piperidine rings is 1. The number of amides is 1. The molecule has 1 aliphatic heterocycles. The maximum Gasteiger partial charge on any atom is 0.306 e. The van der Waals surface area contributed by atoms with E-state index in [0.717, 1.165) is 10.6 Å². The van der Waals surface area contributed by atoms with E-state index in [9.17, 15) is 14.9 Å². The summed E-state index contributed by atoms with van der Waals surface area (Å²) < 4.78 is 0. The van der Waals surface area contributed by atoms with Crippen molar-refractivity contribution in [3.8, 4) is 6.07 Å². The highest BCUT2D eigenvalue weighted by Crippen LogP contribution is 2.20. The lowest BCUT2D eigenvalue weighted by Crippen LogP contribution is -2.40. The summed E-state index contributed by atoms with van der Waals surface area (Å²) in [4.78, 5) is 26.0. The average molecular weight is 345 g/mol. The molecule has 6 nitrogen and oxygen atoms in total. The van der Waals surface area contributed by atoms with Gasteiger partial charge in [-0.1, -0.05) is 6.07 Å². The summed E-state index contributed by atoms with van der Waals surface area (Å²) >= 11 is 1.61. The van der Waals surface area contributed by atoms with Crippen molar-refractivity contribution in [1.29, 1.82) is 5.26 Å². The number of carbonyl (C=O) groups is 2. The molecule has 2 N–H and O–H groups in total. The lowest BCUT2D eigenvalue weighted by Gasteiger charge is -2.29. The van der Waals surface area contributed by atoms with Crippen molar-refractivity contribution in [1.82, 2.24) is 4.90 Å². The summed E-state index contributed by atoms with van der Waals surface area (Å²) in [6.07, 6.45) is 4.22. The van der Waals surface area contributed by atoms with Gasteiger partial charge in [-0.3, -0.25) is 9.59 Å². The fourth-order valence-corrected chi connectivity index (χ4v) is 2.97. The third-order valence-corrected chi connectivity index (χ3v) is 4.66. The Hall–Kier alpha value is -2.46. The van der Waals surface area contributed by atoms with Crippen LogP contribution in [0, 0.1) is 17.2 Å². The zero-order valence-corrected chi connectivity index (χ0v) is 14.2. The molecule has 1 saturated heterocycles. The van der Waals surface area contributed by atoms with Gasteiger partial charge in [0.05, 0.1) is 5.92 Å². The van der Waals surface area contributed by atoms with Gasteiger partial charge in [0, 0.05) is 29.9 Å². The predicted molar refractivity (Wildman–Crippen MR) is 92.5 cm³/mol. The van der Waals surface area contributed by atoms with Gasteiger partial charge in [-0.25, -0.2) is 0 Å². The first-order valence-electron chi connectivity index (χ1n) is 7.58. The molecule has 1 heterocycles. The molecular weight excluding hydrogens is 326 g/mol. The third-order valence-electron chi connectivity index (χ3n) is 3.94. The van der Waals surface area contributed by atoms with Gasteiger partial charge in [-0.05, 0) is 37.3 Å². The number of rotatable bonds is 5. The molecule has 0 atom stereocenters. The van der Waals surface area contributed by atoms with E-state index in [-0.39, 0.29) is 11.5 Å². The number of nitrogens with zero attached hydrogens (tertiary/aromatic N) is 2. The van der Waals surface area contributed by atoms with E-state index in [1.165, 1.54) is 11.1 Å². The number of likely N-dealkylation sites (tertiary alicyclic amines) is 1. The summed E-state index contributed by atoms with van der Waals surface area (Å²) in [5.41, 5.74) is 0.810. The fourth-order valence-electron chi connectivity index (χ4n) is 2.51. The highest BCUT2D eigenvalue weighted by molar-refractivity contribution is 7.98. The monoisotopic (exact) mass is 345 g/mol. The second-order valence-electron chi connectivity index (χ2n) is 5.45. The predicted octanol–water partition coefficient (Wildman–Crippen LogP) is 2.55. The van der Waals surface area contributed by atoms with Crippen LogP contribution in [0.5, 0.6) is 0 Å². The maximum absolute atomic E-state index is 12.4. The molecule has 0 bridgehead atoms. The number of carboxylic acids is 1. The van der Waals surface area contributed by atoms with Crippen LogP contribution in [0.15, 0.2) is 40.9 Å². The number of aliphatic carboxylic acids is 1. The van der Waals surface area contributed by atoms with E-state index in [1.54, 1.807) is 11.8 Å². The zero-order valence-electron chi connectivity index (χ0n) is 13.4. The number of hydrogen-bond acceptors (Lipinski definition) is 5. The van der Waals surface area contributed by atoms with E-state index >= 15 is 0 Å². The lowest BCUT2D eigenvalue weighted by atomic mass is 9.97. The first kappa shape index (κ1) is 17.9. The smallest absolute Gasteiger partial charge is 0.306 e. The number of nitriles is 1. The van der Waals surface area contributed by atoms with Crippen LogP contribution in [0.4, 0.5) is 5.69 Å². The SMILES string of the molecule is CSc1cccc(N/C=C(/C#N)C(=O)N2CCC(C(=O)O)CC2)c1. The minimum Gasteiger partial charge on any atom is -0.481 e. The van der Waals surface area contributed by atoms with Gasteiger partial charge in [0.1, 0.15) is 11.6 Å². The lowest BCUT2D eigenvalue weighted by molar-refractivity contribution is -0.145. The number of thioether (sulfide) groups is 1. The van der Waals surface area contributed by atoms with Crippen LogP contribution >= 0.6 is 11.8 Å². The first-order chi connectivity index (χ1) is 11.5. The number of anilines is 1. The molecule has 7 heteroatoms. The Labute approximate surface area is 145 Å². The molecule has 0 saturated carbocycles. The topological polar surface area (TPSA) is 93.4 Å². The molecule has 1 aliphatic rings. The summed E-state index contributed by atoms with van der Waals surface area (Å²) in [6.45, 7) is 0.716. The third kappa shape index (κ3) is 4.52. The van der Waals surface area contributed by atoms with Crippen LogP contribution in [0.2, 0.25) is 0 Å². The van der Waals surface area contributed by atoms with Crippen molar-refractivity contribution in [2.45, 2.75) is 17.7 Å². The van der Waals surface area contributed by atoms with E-state index in [2.05, 4.69) is 5.32 Å². The van der Waals surface area contributed by atoms with Gasteiger partial charge in [-0.15, -0.1) is 11.8 Å². The quantitative estimate of drug-likeness (QED) is 0.484. The summed E-state index contributed by atoms with van der Waals surface area (Å²) in [6, 6.07) is 9.57. The second kappa shape index (κ2) is 8.41. The molecule has 1 aromatic carbocycles. The molecule has 2 rings (SSSR count). The van der Waals surface area contributed by atoms with E-state index < -0.39 is 11.9 Å². The van der Waals surface area contributed by atoms with E-state index in [1.807, 2.05) is 36.6 Å². The Balaban J connectivity index is 2.01. The highest BCUT2D eigenvalue weighted by Gasteiger charge is 2.28. The van der Waals surface area contributed by atoms with Crippen LogP contribution < -0.4 is 5.32 Å². The molecule has 0 radical (unpaired) electrons. The molecule has 1 aromatic rings. The van der Waals surface area contributed by atoms with Crippen LogP contribution in [0.1, 0.15) is 12.8 Å². The van der Waals surface area contributed by atoms with E-state index in [0.29, 0.717) is 25.9 Å². The minimum atomic E-state index is -0.825. The number of nitrogens with one attached hydrogen (secondary N) is 1. The fraction of sp³-hybridized carbons (Fsp3) is 0.353. The molecule has 0 spiro atoms. The van der Waals surface area contributed by atoms with Crippen LogP contribution in [0.3, 0.4) is 0 Å². The van der Waals surface area contributed by atoms with Gasteiger partial charge >= 0.3 is 5.97 Å². The van der Waals surface area contributed by atoms with Crippen LogP contribution in [-0.2, 0) is 9.59 Å². The molecule has 0 aromatic heterocycles. The van der Waals surface area contributed by atoms with E-state index in [4.69, 9.17) is 5.11 Å². The number of benzene rings is 1. The van der Waals surface area contributed by atoms with Gasteiger partial charge < -0.3 is 15.3 Å². The zero-order chi connectivity index (χ0) is 17.5. The molecule has 1 fully saturated rings. The van der Waals surface area contributed by atoms with Crippen LogP contribution in [0.25, 0.3) is 0 Å². The average Bonchev–Trinajstić information content (AvgIpc) is 2.62. The Kier molecular flexibility index (Phi) is 6.27. The summed E-state index contributed by atoms with van der Waals surface area (Å²) in [5.74, 6) is -1.60. The van der Waals surface area contributed by atoms with Crippen molar-refractivity contribution in [2.75, 3.05) is 24.7 Å². The molecule has 1 amide bonds. The largest absolute Gasteiger partial charge is 0.481 e. The van der Waals surface area contributed by atoms with Gasteiger partial charge in [0.15, 0.2) is 0 Å². The molecule has 126 valence electrons. The summed E-state index contributed by atoms with van der Waals surface area (Å²) in [7, 11) is 0. The normalized spacial score (nSPS) is 15.7. The Bertz CT molecular complexity index is 689. The molecular formula is C17H19N3O3S. The van der Waals surface area contributed by atoms with Crippen molar-refractivity contribution in [3.63, 3.8) is 0 Å². The van der Waals surface area contributed by atoms with Gasteiger partial charge in [-0.2, -0.15) is 5.26 Å². The molecule has 24 heavy (non-hydrogen) atoms. The first-order valence-corrected chi connectivity index (χ1v) is 8.80. The number of hydrogen-bond donors (Lipinski definition) is 2. The maximum atomic E-state index is 12.4. The van der Waals surface area contributed by atoms with Crippen LogP contribution in [-0.4, -0.2) is 41.2 Å². The molecule has 0 unspecified atom stereocenters. The van der Waals surface area contributed by atoms with Crippen molar-refractivity contribution < 1.29 is 14.7 Å². The second-order valence-corrected chi connectivity index (χ2v) is 6.33. The van der Waals surface area contributed by atoms with Crippen molar-refractivity contribution in [3.05, 3.63) is 36.0 Å². The highest BCUT2D eigenvalue weighted by atomic mass is 32.2. The number of carboxylic acid groups (broad SMARTS) is 1. The standard InChI is InChI=1S/C17H19N3O3S/c1-24-15-4-2-3-14(9-15)19-11-13(10-18)16(21)20-7-5-12(6-8-20)17(22)23/h2-4,9,11-12,19H,5-8H2,1H3,(H,22,23)/b13-11-. The summed E-state index contributed by atoms with van der Waals surface area (Å²) in [5, 5.41) is 21.2. The molecule has 0 aliphatic carbocycles. The van der Waals surface area contributed by atoms with Gasteiger partial charge in [0.25, 0.3) is 5.91 Å². The van der Waals surface area contributed by atoms with Crippen molar-refractivity contribution in [2.24, 2.45) is 5.92 Å². The van der Waals surface area contributed by atoms with Crippen molar-refractivity contribution >= 4 is 29.3 Å². The number of carbonyl (C=O) groups excluding carboxylic acids is 1. The Morgan fingerprint density at radius 2 is 2.12 bits per heavy atom. The van der Waals surface area contributed by atoms with Gasteiger partial charge in [0.2, 0.25) is 0 Å². The minimum absolute atomic E-state index is 0.0123.